The molecule has 5 aromatic rings. The fraction of sp³-hybridized carbons (Fsp3) is 0.292. The maximum atomic E-state index is 13.2. The topological polar surface area (TPSA) is 134 Å². The number of aromatic nitrogens is 7. The molecule has 0 aliphatic carbocycles. The third kappa shape index (κ3) is 4.21. The molecule has 0 radical (unpaired) electrons. The largest absolute Gasteiger partial charge is 0.337 e. The molecule has 0 spiro atoms. The molecule has 4 aromatic heterocycles. The van der Waals surface area contributed by atoms with Crippen LogP contribution in [0.5, 0.6) is 0 Å². The third-order valence-electron chi connectivity index (χ3n) is 6.58. The van der Waals surface area contributed by atoms with Crippen molar-refractivity contribution in [1.29, 1.82) is 0 Å². The summed E-state index contributed by atoms with van der Waals surface area (Å²) in [6.45, 7) is 4.85. The number of likely N-dealkylation sites (tertiary alicyclic amines) is 1. The summed E-state index contributed by atoms with van der Waals surface area (Å²) in [5.74, 6) is 0.0397. The predicted molar refractivity (Wildman–Crippen MR) is 139 cm³/mol. The average Bonchev–Trinajstić information content (AvgIpc) is 3.63. The Morgan fingerprint density at radius 3 is 2.81 bits per heavy atom. The molecule has 2 amide bonds. The summed E-state index contributed by atoms with van der Waals surface area (Å²) >= 11 is 7.73. The summed E-state index contributed by atoms with van der Waals surface area (Å²) < 4.78 is 1.66. The van der Waals surface area contributed by atoms with Crippen molar-refractivity contribution in [2.75, 3.05) is 18.4 Å². The second-order valence-electron chi connectivity index (χ2n) is 9.02. The molecule has 5 heterocycles. The SMILES string of the molecule is Cc1cc2nnc(C(=O)N3CCC(c4nc(C(=O)Nc5n[nH]c6cccc(Cl)c56)cs4)CC3)c(C)n2n1. The van der Waals surface area contributed by atoms with Crippen LogP contribution in [-0.2, 0) is 0 Å². The summed E-state index contributed by atoms with van der Waals surface area (Å²) in [5.41, 5.74) is 3.50. The van der Waals surface area contributed by atoms with E-state index in [0.29, 0.717) is 52.0 Å². The summed E-state index contributed by atoms with van der Waals surface area (Å²) in [6.07, 6.45) is 1.49. The molecule has 0 bridgehead atoms. The van der Waals surface area contributed by atoms with E-state index in [-0.39, 0.29) is 17.7 Å². The first-order chi connectivity index (χ1) is 17.9. The van der Waals surface area contributed by atoms with Crippen LogP contribution >= 0.6 is 22.9 Å². The van der Waals surface area contributed by atoms with Crippen LogP contribution in [0.3, 0.4) is 0 Å². The number of anilines is 1. The Morgan fingerprint density at radius 1 is 1.19 bits per heavy atom. The minimum Gasteiger partial charge on any atom is -0.337 e. The standard InChI is InChI=1S/C24H22ClN9O2S/c1-12-10-18-29-30-20(13(2)34(18)32-12)24(36)33-8-6-14(7-9-33)23-26-17(11-37-23)22(35)27-21-19-15(25)4-3-5-16(19)28-31-21/h3-5,10-11,14H,6-9H2,1-2H3,(H2,27,28,31,35). The number of thiazole rings is 1. The lowest BCUT2D eigenvalue weighted by atomic mass is 9.97. The van der Waals surface area contributed by atoms with E-state index < -0.39 is 0 Å². The molecule has 13 heteroatoms. The number of nitrogens with one attached hydrogen (secondary N) is 2. The monoisotopic (exact) mass is 535 g/mol. The van der Waals surface area contributed by atoms with Gasteiger partial charge in [0.05, 0.1) is 32.3 Å². The van der Waals surface area contributed by atoms with Crippen molar-refractivity contribution in [1.82, 2.24) is 39.9 Å². The quantitative estimate of drug-likeness (QED) is 0.355. The fourth-order valence-corrected chi connectivity index (χ4v) is 5.86. The van der Waals surface area contributed by atoms with Gasteiger partial charge in [0.2, 0.25) is 0 Å². The Labute approximate surface area is 219 Å². The van der Waals surface area contributed by atoms with Crippen LogP contribution in [0.15, 0.2) is 29.6 Å². The van der Waals surface area contributed by atoms with Gasteiger partial charge in [-0.3, -0.25) is 14.7 Å². The Balaban J connectivity index is 1.11. The van der Waals surface area contributed by atoms with Crippen molar-refractivity contribution >= 4 is 57.1 Å². The molecule has 37 heavy (non-hydrogen) atoms. The zero-order valence-corrected chi connectivity index (χ0v) is 21.6. The normalized spacial score (nSPS) is 14.5. The van der Waals surface area contributed by atoms with Crippen LogP contribution in [0.4, 0.5) is 5.82 Å². The summed E-state index contributed by atoms with van der Waals surface area (Å²) in [5, 5.41) is 26.4. The zero-order chi connectivity index (χ0) is 25.7. The van der Waals surface area contributed by atoms with Gasteiger partial charge in [0, 0.05) is 30.5 Å². The van der Waals surface area contributed by atoms with Crippen LogP contribution in [0, 0.1) is 13.8 Å². The summed E-state index contributed by atoms with van der Waals surface area (Å²) in [4.78, 5) is 32.4. The van der Waals surface area contributed by atoms with Crippen molar-refractivity contribution in [3.8, 4) is 0 Å². The van der Waals surface area contributed by atoms with Gasteiger partial charge in [0.25, 0.3) is 11.8 Å². The molecule has 6 rings (SSSR count). The van der Waals surface area contributed by atoms with Crippen LogP contribution < -0.4 is 5.32 Å². The van der Waals surface area contributed by atoms with E-state index in [0.717, 1.165) is 29.1 Å². The summed E-state index contributed by atoms with van der Waals surface area (Å²) in [7, 11) is 0. The molecule has 0 unspecified atom stereocenters. The molecular formula is C24H22ClN9O2S. The molecule has 0 saturated carbocycles. The molecule has 1 saturated heterocycles. The van der Waals surface area contributed by atoms with E-state index >= 15 is 0 Å². The van der Waals surface area contributed by atoms with Gasteiger partial charge in [0.15, 0.2) is 17.2 Å². The number of nitrogens with zero attached hydrogens (tertiary/aromatic N) is 7. The van der Waals surface area contributed by atoms with Crippen molar-refractivity contribution in [2.24, 2.45) is 0 Å². The van der Waals surface area contributed by atoms with Crippen molar-refractivity contribution in [3.63, 3.8) is 0 Å². The summed E-state index contributed by atoms with van der Waals surface area (Å²) in [6, 6.07) is 7.23. The first-order valence-corrected chi connectivity index (χ1v) is 13.0. The number of amides is 2. The highest BCUT2D eigenvalue weighted by Crippen LogP contribution is 2.32. The van der Waals surface area contributed by atoms with Crippen LogP contribution in [0.1, 0.15) is 56.1 Å². The van der Waals surface area contributed by atoms with Crippen LogP contribution in [0.25, 0.3) is 16.6 Å². The van der Waals surface area contributed by atoms with Gasteiger partial charge in [-0.2, -0.15) is 10.2 Å². The van der Waals surface area contributed by atoms with Gasteiger partial charge in [0.1, 0.15) is 5.69 Å². The number of fused-ring (bicyclic) bond motifs is 2. The number of hydrogen-bond acceptors (Lipinski definition) is 8. The number of aryl methyl sites for hydroxylation is 2. The highest BCUT2D eigenvalue weighted by atomic mass is 35.5. The second kappa shape index (κ2) is 9.20. The molecule has 0 atom stereocenters. The van der Waals surface area contributed by atoms with Crippen molar-refractivity contribution in [3.05, 3.63) is 62.5 Å². The van der Waals surface area contributed by atoms with E-state index in [1.807, 2.05) is 32.0 Å². The van der Waals surface area contributed by atoms with E-state index in [1.54, 1.807) is 20.9 Å². The second-order valence-corrected chi connectivity index (χ2v) is 10.3. The Kier molecular flexibility index (Phi) is 5.84. The predicted octanol–water partition coefficient (Wildman–Crippen LogP) is 4.00. The maximum absolute atomic E-state index is 13.2. The van der Waals surface area contributed by atoms with E-state index in [1.165, 1.54) is 11.3 Å². The highest BCUT2D eigenvalue weighted by Gasteiger charge is 2.29. The van der Waals surface area contributed by atoms with Gasteiger partial charge in [-0.1, -0.05) is 17.7 Å². The molecule has 1 aromatic carbocycles. The molecular weight excluding hydrogens is 514 g/mol. The van der Waals surface area contributed by atoms with Crippen LogP contribution in [-0.4, -0.2) is 64.8 Å². The number of carbonyl (C=O) groups excluding carboxylic acids is 2. The number of benzene rings is 1. The van der Waals surface area contributed by atoms with E-state index in [2.05, 4.69) is 35.8 Å². The van der Waals surface area contributed by atoms with Gasteiger partial charge in [-0.05, 0) is 38.8 Å². The Hall–Kier alpha value is -3.90. The maximum Gasteiger partial charge on any atom is 0.276 e. The number of halogens is 1. The van der Waals surface area contributed by atoms with Crippen molar-refractivity contribution < 1.29 is 9.59 Å². The zero-order valence-electron chi connectivity index (χ0n) is 20.0. The van der Waals surface area contributed by atoms with Crippen molar-refractivity contribution in [2.45, 2.75) is 32.6 Å². The molecule has 2 N–H and O–H groups in total. The number of piperidine rings is 1. The molecule has 1 fully saturated rings. The van der Waals surface area contributed by atoms with E-state index in [4.69, 9.17) is 11.6 Å². The Morgan fingerprint density at radius 2 is 2.00 bits per heavy atom. The lowest BCUT2D eigenvalue weighted by Gasteiger charge is -2.31. The fourth-order valence-electron chi connectivity index (χ4n) is 4.63. The first kappa shape index (κ1) is 23.5. The third-order valence-corrected chi connectivity index (χ3v) is 7.91. The van der Waals surface area contributed by atoms with E-state index in [9.17, 15) is 9.59 Å². The number of carbonyl (C=O) groups is 2. The number of aromatic amines is 1. The molecule has 11 nitrogen and oxygen atoms in total. The lowest BCUT2D eigenvalue weighted by Crippen LogP contribution is -2.39. The molecule has 1 aliphatic heterocycles. The lowest BCUT2D eigenvalue weighted by molar-refractivity contribution is 0.0704. The van der Waals surface area contributed by atoms with Gasteiger partial charge >= 0.3 is 0 Å². The van der Waals surface area contributed by atoms with Gasteiger partial charge < -0.3 is 10.2 Å². The van der Waals surface area contributed by atoms with Crippen LogP contribution in [0.2, 0.25) is 5.02 Å². The minimum atomic E-state index is -0.346. The average molecular weight is 536 g/mol. The van der Waals surface area contributed by atoms with Gasteiger partial charge in [-0.15, -0.1) is 21.5 Å². The first-order valence-electron chi connectivity index (χ1n) is 11.8. The molecule has 1 aliphatic rings. The van der Waals surface area contributed by atoms with Gasteiger partial charge in [-0.25, -0.2) is 9.50 Å². The molecule has 188 valence electrons. The highest BCUT2D eigenvalue weighted by molar-refractivity contribution is 7.10. The Bertz CT molecular complexity index is 1670. The minimum absolute atomic E-state index is 0.150. The number of rotatable bonds is 4. The number of H-pyrrole nitrogens is 1. The number of hydrogen-bond donors (Lipinski definition) is 2. The smallest absolute Gasteiger partial charge is 0.276 e.